The summed E-state index contributed by atoms with van der Waals surface area (Å²) in [5, 5.41) is 12.6. The molecular formula is C60H36N4. The van der Waals surface area contributed by atoms with Gasteiger partial charge in [0.15, 0.2) is 0 Å². The molecule has 0 aliphatic rings. The van der Waals surface area contributed by atoms with Crippen molar-refractivity contribution >= 4 is 104 Å². The Kier molecular flexibility index (Phi) is 6.65. The highest BCUT2D eigenvalue weighted by Crippen LogP contribution is 2.46. The van der Waals surface area contributed by atoms with E-state index in [0.29, 0.717) is 0 Å². The number of benzene rings is 10. The third kappa shape index (κ3) is 4.41. The summed E-state index contributed by atoms with van der Waals surface area (Å²) in [6.45, 7) is 0. The molecule has 0 atom stereocenters. The van der Waals surface area contributed by atoms with Crippen molar-refractivity contribution in [2.45, 2.75) is 0 Å². The third-order valence-electron chi connectivity index (χ3n) is 14.1. The smallest absolute Gasteiger partial charge is 0.0619 e. The number of nitrogens with zero attached hydrogens (tertiary/aromatic N) is 4. The van der Waals surface area contributed by atoms with Crippen LogP contribution in [0.2, 0.25) is 0 Å². The fourth-order valence-corrected chi connectivity index (χ4v) is 11.5. The first-order valence-corrected chi connectivity index (χ1v) is 22.1. The van der Waals surface area contributed by atoms with Gasteiger partial charge >= 0.3 is 0 Å². The second kappa shape index (κ2) is 12.5. The molecule has 0 fully saturated rings. The van der Waals surface area contributed by atoms with Gasteiger partial charge in [0.1, 0.15) is 0 Å². The standard InChI is InChI=1S/C60H36N4/c1-3-14-39(15-4-1)61-50-23-9-7-18-42(50)47-34-37(28-31-52(47)61)38-29-32-54-48(35-38)46-22-11-21-45-44-20-12-25-55-58(44)59-56(26-13-27-57(59)64(54)60(45)46)63(55)41-30-33-53-49(36-41)43-19-8-10-24-51(43)62(53)40-16-5-2-6-17-40/h1-36H. The number of para-hydroxylation sites is 5. The molecule has 0 aliphatic heterocycles. The Balaban J connectivity index is 0.976. The zero-order valence-electron chi connectivity index (χ0n) is 34.6. The van der Waals surface area contributed by atoms with Crippen LogP contribution in [0.4, 0.5) is 0 Å². The summed E-state index contributed by atoms with van der Waals surface area (Å²) in [6, 6.07) is 80.7. The van der Waals surface area contributed by atoms with Gasteiger partial charge in [-0.1, -0.05) is 121 Å². The van der Waals surface area contributed by atoms with Crippen LogP contribution in [0.1, 0.15) is 0 Å². The van der Waals surface area contributed by atoms with Crippen LogP contribution in [0.3, 0.4) is 0 Å². The Morgan fingerprint density at radius 3 is 1.31 bits per heavy atom. The van der Waals surface area contributed by atoms with Crippen molar-refractivity contribution in [1.82, 2.24) is 18.1 Å². The van der Waals surface area contributed by atoms with Gasteiger partial charge in [0.05, 0.1) is 49.7 Å². The van der Waals surface area contributed by atoms with Crippen molar-refractivity contribution in [2.75, 3.05) is 0 Å². The van der Waals surface area contributed by atoms with Gasteiger partial charge < -0.3 is 18.1 Å². The largest absolute Gasteiger partial charge is 0.309 e. The highest BCUT2D eigenvalue weighted by molar-refractivity contribution is 6.31. The molecule has 0 bridgehead atoms. The maximum atomic E-state index is 2.54. The first kappa shape index (κ1) is 34.0. The first-order chi connectivity index (χ1) is 31.8. The Hall–Kier alpha value is -8.60. The molecule has 0 unspecified atom stereocenters. The molecule has 0 spiro atoms. The molecule has 0 radical (unpaired) electrons. The van der Waals surface area contributed by atoms with Crippen molar-refractivity contribution in [3.8, 4) is 28.2 Å². The minimum absolute atomic E-state index is 1.16. The summed E-state index contributed by atoms with van der Waals surface area (Å²) in [6.07, 6.45) is 0. The molecule has 4 nitrogen and oxygen atoms in total. The topological polar surface area (TPSA) is 19.2 Å². The zero-order valence-corrected chi connectivity index (χ0v) is 34.6. The summed E-state index contributed by atoms with van der Waals surface area (Å²) < 4.78 is 9.81. The average Bonchev–Trinajstić information content (AvgIpc) is 4.06. The minimum atomic E-state index is 1.16. The van der Waals surface area contributed by atoms with E-state index in [1.54, 1.807) is 0 Å². The molecule has 0 N–H and O–H groups in total. The van der Waals surface area contributed by atoms with Crippen LogP contribution >= 0.6 is 0 Å². The van der Waals surface area contributed by atoms with Gasteiger partial charge in [0, 0.05) is 65.5 Å². The highest BCUT2D eigenvalue weighted by atomic mass is 15.0. The zero-order chi connectivity index (χ0) is 41.6. The lowest BCUT2D eigenvalue weighted by Crippen LogP contribution is -1.96. The van der Waals surface area contributed by atoms with Crippen LogP contribution in [0.25, 0.3) is 132 Å². The van der Waals surface area contributed by atoms with E-state index in [9.17, 15) is 0 Å². The Labute approximate surface area is 366 Å². The summed E-state index contributed by atoms with van der Waals surface area (Å²) in [5.41, 5.74) is 16.9. The van der Waals surface area contributed by atoms with Gasteiger partial charge in [0.2, 0.25) is 0 Å². The summed E-state index contributed by atoms with van der Waals surface area (Å²) in [4.78, 5) is 0. The lowest BCUT2D eigenvalue weighted by molar-refractivity contribution is 1.17. The van der Waals surface area contributed by atoms with Gasteiger partial charge in [-0.15, -0.1) is 0 Å². The SMILES string of the molecule is c1ccc(-n2c3ccccc3c3cc(-c4ccc5c(c4)c4cccc6c7cccc8c7c7c(cccc7n5c64)n8-c4ccc5c(c4)c4ccccc4n5-c4ccccc4)ccc32)cc1. The molecule has 0 aliphatic carbocycles. The number of fused-ring (bicyclic) bond motifs is 11. The molecule has 5 heterocycles. The van der Waals surface area contributed by atoms with E-state index in [1.165, 1.54) is 126 Å². The molecule has 15 rings (SSSR count). The van der Waals surface area contributed by atoms with E-state index in [2.05, 4.69) is 236 Å². The second-order valence-electron chi connectivity index (χ2n) is 17.3. The molecule has 5 aromatic heterocycles. The van der Waals surface area contributed by atoms with Crippen LogP contribution in [-0.4, -0.2) is 18.1 Å². The minimum Gasteiger partial charge on any atom is -0.309 e. The van der Waals surface area contributed by atoms with E-state index in [-0.39, 0.29) is 0 Å². The highest BCUT2D eigenvalue weighted by Gasteiger charge is 2.23. The van der Waals surface area contributed by atoms with Crippen LogP contribution in [0.15, 0.2) is 218 Å². The van der Waals surface area contributed by atoms with Crippen molar-refractivity contribution in [3.63, 3.8) is 0 Å². The molecule has 64 heavy (non-hydrogen) atoms. The lowest BCUT2D eigenvalue weighted by atomic mass is 9.99. The predicted octanol–water partition coefficient (Wildman–Crippen LogP) is 15.8. The van der Waals surface area contributed by atoms with E-state index < -0.39 is 0 Å². The van der Waals surface area contributed by atoms with Crippen LogP contribution in [-0.2, 0) is 0 Å². The van der Waals surface area contributed by atoms with Crippen LogP contribution < -0.4 is 0 Å². The Bertz CT molecular complexity index is 4410. The van der Waals surface area contributed by atoms with E-state index in [1.807, 2.05) is 0 Å². The third-order valence-corrected chi connectivity index (χ3v) is 14.1. The maximum absolute atomic E-state index is 2.54. The number of hydrogen-bond acceptors (Lipinski definition) is 0. The Morgan fingerprint density at radius 2 is 0.641 bits per heavy atom. The second-order valence-corrected chi connectivity index (χ2v) is 17.3. The summed E-state index contributed by atoms with van der Waals surface area (Å²) in [5.74, 6) is 0. The van der Waals surface area contributed by atoms with Crippen molar-refractivity contribution < 1.29 is 0 Å². The predicted molar refractivity (Wildman–Crippen MR) is 270 cm³/mol. The average molecular weight is 813 g/mol. The van der Waals surface area contributed by atoms with Crippen LogP contribution in [0, 0.1) is 0 Å². The molecule has 4 heteroatoms. The van der Waals surface area contributed by atoms with E-state index >= 15 is 0 Å². The lowest BCUT2D eigenvalue weighted by Gasteiger charge is -2.11. The number of aromatic nitrogens is 4. The van der Waals surface area contributed by atoms with Crippen molar-refractivity contribution in [2.24, 2.45) is 0 Å². The molecular weight excluding hydrogens is 777 g/mol. The maximum Gasteiger partial charge on any atom is 0.0619 e. The van der Waals surface area contributed by atoms with E-state index in [4.69, 9.17) is 0 Å². The monoisotopic (exact) mass is 812 g/mol. The fourth-order valence-electron chi connectivity index (χ4n) is 11.5. The van der Waals surface area contributed by atoms with Gasteiger partial charge in [-0.2, -0.15) is 0 Å². The normalized spacial score (nSPS) is 12.4. The molecule has 0 amide bonds. The van der Waals surface area contributed by atoms with Crippen molar-refractivity contribution in [1.29, 1.82) is 0 Å². The first-order valence-electron chi connectivity index (χ1n) is 22.1. The van der Waals surface area contributed by atoms with E-state index in [0.717, 1.165) is 5.69 Å². The number of hydrogen-bond donors (Lipinski definition) is 0. The van der Waals surface area contributed by atoms with Crippen LogP contribution in [0.5, 0.6) is 0 Å². The van der Waals surface area contributed by atoms with Gasteiger partial charge in [-0.05, 0) is 114 Å². The fraction of sp³-hybridized carbons (Fsp3) is 0. The van der Waals surface area contributed by atoms with Gasteiger partial charge in [0.25, 0.3) is 0 Å². The molecule has 0 saturated carbocycles. The summed E-state index contributed by atoms with van der Waals surface area (Å²) in [7, 11) is 0. The molecule has 296 valence electrons. The quantitative estimate of drug-likeness (QED) is 0.169. The van der Waals surface area contributed by atoms with Crippen molar-refractivity contribution in [3.05, 3.63) is 218 Å². The van der Waals surface area contributed by atoms with Gasteiger partial charge in [-0.25, -0.2) is 0 Å². The summed E-state index contributed by atoms with van der Waals surface area (Å²) >= 11 is 0. The molecule has 10 aromatic carbocycles. The number of rotatable bonds is 4. The Morgan fingerprint density at radius 1 is 0.219 bits per heavy atom. The molecule has 15 aromatic rings. The van der Waals surface area contributed by atoms with Gasteiger partial charge in [-0.3, -0.25) is 0 Å². The molecule has 0 saturated heterocycles.